The topological polar surface area (TPSA) is 95.5 Å². The number of piperazine rings is 1. The van der Waals surface area contributed by atoms with E-state index in [4.69, 9.17) is 0 Å². The smallest absolute Gasteiger partial charge is 0.263 e. The number of aromatic nitrogens is 2. The number of nitrogens with zero attached hydrogens (tertiary/aromatic N) is 4. The van der Waals surface area contributed by atoms with E-state index in [1.54, 1.807) is 24.3 Å². The van der Waals surface area contributed by atoms with Crippen molar-refractivity contribution in [3.8, 4) is 0 Å². The van der Waals surface area contributed by atoms with Gasteiger partial charge in [-0.1, -0.05) is 37.3 Å². The lowest BCUT2D eigenvalue weighted by atomic mass is 9.97. The minimum Gasteiger partial charge on any atom is -0.368 e. The Hall–Kier alpha value is -3.46. The van der Waals surface area contributed by atoms with E-state index < -0.39 is 10.0 Å². The lowest BCUT2D eigenvalue weighted by Crippen LogP contribution is -2.49. The average Bonchev–Trinajstić information content (AvgIpc) is 2.85. The Kier molecular flexibility index (Phi) is 6.88. The normalized spacial score (nSPS) is 15.2. The third kappa shape index (κ3) is 5.67. The van der Waals surface area contributed by atoms with Gasteiger partial charge in [0.2, 0.25) is 5.91 Å². The van der Waals surface area contributed by atoms with Crippen molar-refractivity contribution in [2.45, 2.75) is 24.2 Å². The molecule has 3 aromatic rings. The van der Waals surface area contributed by atoms with Crippen LogP contribution in [0.2, 0.25) is 0 Å². The molecule has 176 valence electrons. The summed E-state index contributed by atoms with van der Waals surface area (Å²) in [5, 5.41) is 0. The molecule has 0 unspecified atom stereocenters. The van der Waals surface area contributed by atoms with Crippen LogP contribution in [0, 0.1) is 0 Å². The van der Waals surface area contributed by atoms with E-state index in [1.165, 1.54) is 24.2 Å². The second-order valence-corrected chi connectivity index (χ2v) is 9.76. The van der Waals surface area contributed by atoms with Gasteiger partial charge in [0.05, 0.1) is 4.90 Å². The zero-order valence-electron chi connectivity index (χ0n) is 18.5. The number of amides is 1. The van der Waals surface area contributed by atoms with Gasteiger partial charge in [-0.15, -0.1) is 0 Å². The van der Waals surface area contributed by atoms with Crippen molar-refractivity contribution in [1.82, 2.24) is 14.9 Å². The molecular weight excluding hydrogens is 438 g/mol. The van der Waals surface area contributed by atoms with Crippen molar-refractivity contribution in [1.29, 1.82) is 0 Å². The van der Waals surface area contributed by atoms with Crippen LogP contribution in [0.25, 0.3) is 0 Å². The summed E-state index contributed by atoms with van der Waals surface area (Å²) in [4.78, 5) is 24.7. The van der Waals surface area contributed by atoms with E-state index in [0.29, 0.717) is 32.6 Å². The molecule has 2 aromatic carbocycles. The predicted molar refractivity (Wildman–Crippen MR) is 132 cm³/mol. The van der Waals surface area contributed by atoms with Crippen molar-refractivity contribution < 1.29 is 16.1 Å². The van der Waals surface area contributed by atoms with Crippen LogP contribution in [0.4, 0.5) is 11.5 Å². The van der Waals surface area contributed by atoms with Gasteiger partial charge in [-0.2, -0.15) is 0 Å². The third-order valence-electron chi connectivity index (χ3n) is 5.81. The van der Waals surface area contributed by atoms with Gasteiger partial charge >= 0.3 is 0 Å². The molecule has 1 aromatic heterocycles. The Morgan fingerprint density at radius 1 is 1.03 bits per heavy atom. The lowest BCUT2D eigenvalue weighted by Gasteiger charge is -2.36. The van der Waals surface area contributed by atoms with Crippen molar-refractivity contribution in [3.05, 3.63) is 78.8 Å². The maximum atomic E-state index is 12.8. The maximum absolute atomic E-state index is 12.8. The fourth-order valence-electron chi connectivity index (χ4n) is 3.89. The first-order valence-corrected chi connectivity index (χ1v) is 12.4. The summed E-state index contributed by atoms with van der Waals surface area (Å²) < 4.78 is 27.6. The predicted octanol–water partition coefficient (Wildman–Crippen LogP) is 3.61. The molecule has 8 nitrogen and oxygen atoms in total. The zero-order chi connectivity index (χ0) is 23.3. The van der Waals surface area contributed by atoms with Gasteiger partial charge in [0, 0.05) is 47.3 Å². The fraction of sp³-hybridized carbons (Fsp3) is 0.292. The Morgan fingerprint density at radius 3 is 2.36 bits per heavy atom. The number of nitrogens with one attached hydrogen (secondary N) is 1. The first-order chi connectivity index (χ1) is 15.9. The molecule has 1 saturated heterocycles. The van der Waals surface area contributed by atoms with Gasteiger partial charge in [0.15, 0.2) is 0 Å². The summed E-state index contributed by atoms with van der Waals surface area (Å²) in [7, 11) is -3.73. The van der Waals surface area contributed by atoms with E-state index >= 15 is 0 Å². The van der Waals surface area contributed by atoms with Gasteiger partial charge in [0.1, 0.15) is 12.1 Å². The second kappa shape index (κ2) is 9.99. The first kappa shape index (κ1) is 22.7. The Labute approximate surface area is 197 Å². The maximum Gasteiger partial charge on any atom is 0.263 e. The molecule has 0 bridgehead atoms. The molecule has 9 heteroatoms. The number of benzene rings is 2. The van der Waals surface area contributed by atoms with Crippen molar-refractivity contribution in [2.24, 2.45) is 0 Å². The standard InChI is InChI=1S/C24H27N5O3S.2H2/c1-19(20-5-3-2-4-6-20)17-24(30)29-15-13-28(14-16-29)21-7-9-22(10-8-21)33(31,32)27-23-11-12-25-18-26-23;;/h2-12,18-19H,13-17H2,1H3,(H,25,26,27);2*1H/t19-;;/m1../s1. The molecular formula is C24H31N5O3S. The van der Waals surface area contributed by atoms with Gasteiger partial charge < -0.3 is 9.80 Å². The third-order valence-corrected chi connectivity index (χ3v) is 7.19. The van der Waals surface area contributed by atoms with E-state index in [1.807, 2.05) is 23.1 Å². The second-order valence-electron chi connectivity index (χ2n) is 8.08. The average molecular weight is 470 g/mol. The fourth-order valence-corrected chi connectivity index (χ4v) is 4.90. The zero-order valence-corrected chi connectivity index (χ0v) is 19.3. The monoisotopic (exact) mass is 469 g/mol. The summed E-state index contributed by atoms with van der Waals surface area (Å²) in [5.74, 6) is 0.571. The first-order valence-electron chi connectivity index (χ1n) is 10.9. The SMILES string of the molecule is C[C@H](CC(=O)N1CCN(c2ccc(S(=O)(=O)Nc3ccncn3)cc2)CC1)c1ccccc1.[HH].[HH]. The highest BCUT2D eigenvalue weighted by Gasteiger charge is 2.23. The number of sulfonamides is 1. The Morgan fingerprint density at radius 2 is 1.73 bits per heavy atom. The number of carbonyl (C=O) groups is 1. The largest absolute Gasteiger partial charge is 0.368 e. The molecule has 0 radical (unpaired) electrons. The van der Waals surface area contributed by atoms with Gasteiger partial charge in [-0.3, -0.25) is 9.52 Å². The molecule has 1 fully saturated rings. The number of rotatable bonds is 7. The quantitative estimate of drug-likeness (QED) is 0.568. The van der Waals surface area contributed by atoms with Crippen molar-refractivity contribution in [2.75, 3.05) is 35.8 Å². The Bertz CT molecular complexity index is 1170. The molecule has 1 N–H and O–H groups in total. The molecule has 0 aliphatic carbocycles. The summed E-state index contributed by atoms with van der Waals surface area (Å²) >= 11 is 0. The van der Waals surface area contributed by atoms with Gasteiger partial charge in [0.25, 0.3) is 10.0 Å². The molecule has 4 rings (SSSR count). The van der Waals surface area contributed by atoms with Gasteiger partial charge in [-0.25, -0.2) is 18.4 Å². The number of anilines is 2. The van der Waals surface area contributed by atoms with E-state index in [0.717, 1.165) is 5.69 Å². The van der Waals surface area contributed by atoms with Crippen LogP contribution >= 0.6 is 0 Å². The summed E-state index contributed by atoms with van der Waals surface area (Å²) in [6.07, 6.45) is 3.25. The minimum absolute atomic E-state index is 0. The number of hydrogen-bond donors (Lipinski definition) is 1. The summed E-state index contributed by atoms with van der Waals surface area (Å²) in [6.45, 7) is 4.79. The van der Waals surface area contributed by atoms with Crippen LogP contribution in [0.15, 0.2) is 78.1 Å². The van der Waals surface area contributed by atoms with Crippen LogP contribution in [-0.4, -0.2) is 55.4 Å². The van der Waals surface area contributed by atoms with E-state index in [-0.39, 0.29) is 25.4 Å². The van der Waals surface area contributed by atoms with Crippen LogP contribution in [0.3, 0.4) is 0 Å². The number of carbonyl (C=O) groups excluding carboxylic acids is 1. The van der Waals surface area contributed by atoms with Crippen LogP contribution in [-0.2, 0) is 14.8 Å². The highest BCUT2D eigenvalue weighted by atomic mass is 32.2. The van der Waals surface area contributed by atoms with E-state index in [9.17, 15) is 13.2 Å². The van der Waals surface area contributed by atoms with Crippen LogP contribution in [0.1, 0.15) is 27.7 Å². The number of hydrogen-bond acceptors (Lipinski definition) is 6. The van der Waals surface area contributed by atoms with Crippen LogP contribution < -0.4 is 9.62 Å². The highest BCUT2D eigenvalue weighted by Crippen LogP contribution is 2.23. The Balaban J connectivity index is 0.00000216. The molecule has 1 aliphatic heterocycles. The van der Waals surface area contributed by atoms with E-state index in [2.05, 4.69) is 38.6 Å². The molecule has 33 heavy (non-hydrogen) atoms. The molecule has 1 atom stereocenters. The summed E-state index contributed by atoms with van der Waals surface area (Å²) in [5.41, 5.74) is 2.11. The van der Waals surface area contributed by atoms with Crippen molar-refractivity contribution in [3.63, 3.8) is 0 Å². The van der Waals surface area contributed by atoms with Crippen molar-refractivity contribution >= 4 is 27.4 Å². The van der Waals surface area contributed by atoms with Gasteiger partial charge in [-0.05, 0) is 41.8 Å². The minimum atomic E-state index is -3.73. The molecule has 1 aliphatic rings. The van der Waals surface area contributed by atoms with Crippen LogP contribution in [0.5, 0.6) is 0 Å². The molecule has 2 heterocycles. The lowest BCUT2D eigenvalue weighted by molar-refractivity contribution is -0.131. The summed E-state index contributed by atoms with van der Waals surface area (Å²) in [6, 6.07) is 18.3. The molecule has 1 amide bonds. The highest BCUT2D eigenvalue weighted by molar-refractivity contribution is 7.92. The molecule has 0 saturated carbocycles. The molecule has 0 spiro atoms.